The number of ether oxygens (including phenoxy) is 1. The first kappa shape index (κ1) is 16.4. The fourth-order valence-corrected chi connectivity index (χ4v) is 6.04. The number of nitrogens with zero attached hydrogens (tertiary/aromatic N) is 1. The summed E-state index contributed by atoms with van der Waals surface area (Å²) in [6.45, 7) is 3.70. The molecule has 1 aliphatic heterocycles. The molecule has 0 bridgehead atoms. The number of thiophene rings is 1. The second-order valence-electron chi connectivity index (χ2n) is 5.20. The Hall–Kier alpha value is -0.960. The van der Waals surface area contributed by atoms with Gasteiger partial charge in [0.1, 0.15) is 9.77 Å². The molecule has 1 aromatic rings. The molecule has 1 saturated heterocycles. The average Bonchev–Trinajstić information content (AvgIpc) is 3.01. The van der Waals surface area contributed by atoms with E-state index in [0.29, 0.717) is 18.5 Å². The third-order valence-corrected chi connectivity index (χ3v) is 7.19. The lowest BCUT2D eigenvalue weighted by atomic mass is 10.0. The van der Waals surface area contributed by atoms with E-state index in [1.807, 2.05) is 6.92 Å². The summed E-state index contributed by atoms with van der Waals surface area (Å²) in [6, 6.07) is -0.445. The summed E-state index contributed by atoms with van der Waals surface area (Å²) in [6.07, 6.45) is 0.696. The van der Waals surface area contributed by atoms with Crippen LogP contribution in [0.1, 0.15) is 28.6 Å². The number of carbonyl (C=O) groups excluding carboxylic acids is 1. The van der Waals surface area contributed by atoms with Gasteiger partial charge in [-0.2, -0.15) is 4.31 Å². The molecular weight excluding hydrogens is 314 g/mol. The summed E-state index contributed by atoms with van der Waals surface area (Å²) >= 11 is 1.06. The van der Waals surface area contributed by atoms with Gasteiger partial charge in [0.15, 0.2) is 0 Å². The van der Waals surface area contributed by atoms with E-state index < -0.39 is 22.0 Å². The largest absolute Gasteiger partial charge is 0.465 e. The molecule has 2 rings (SSSR count). The Bertz CT molecular complexity index is 637. The highest BCUT2D eigenvalue weighted by Gasteiger charge is 2.41. The quantitative estimate of drug-likeness (QED) is 0.838. The average molecular weight is 333 g/mol. The van der Waals surface area contributed by atoms with Crippen LogP contribution in [-0.4, -0.2) is 50.1 Å². The monoisotopic (exact) mass is 333 g/mol. The number of hydrogen-bond donors (Lipinski definition) is 1. The summed E-state index contributed by atoms with van der Waals surface area (Å²) < 4.78 is 31.7. The molecule has 1 N–H and O–H groups in total. The molecule has 2 atom stereocenters. The van der Waals surface area contributed by atoms with Crippen LogP contribution < -0.4 is 0 Å². The van der Waals surface area contributed by atoms with Gasteiger partial charge in [-0.15, -0.1) is 11.3 Å². The summed E-state index contributed by atoms with van der Waals surface area (Å²) in [5, 5.41) is 11.1. The Morgan fingerprint density at radius 1 is 1.57 bits per heavy atom. The Morgan fingerprint density at radius 3 is 2.81 bits per heavy atom. The normalized spacial score (nSPS) is 23.4. The van der Waals surface area contributed by atoms with Gasteiger partial charge in [-0.1, -0.05) is 6.92 Å². The topological polar surface area (TPSA) is 83.9 Å². The smallest absolute Gasteiger partial charge is 0.349 e. The molecule has 0 spiro atoms. The van der Waals surface area contributed by atoms with Gasteiger partial charge in [0.05, 0.1) is 19.8 Å². The molecule has 2 heterocycles. The summed E-state index contributed by atoms with van der Waals surface area (Å²) in [5.74, 6) is -0.565. The minimum atomic E-state index is -3.82. The predicted molar refractivity (Wildman–Crippen MR) is 78.9 cm³/mol. The zero-order valence-electron chi connectivity index (χ0n) is 12.2. The van der Waals surface area contributed by atoms with E-state index >= 15 is 0 Å². The van der Waals surface area contributed by atoms with Crippen molar-refractivity contribution >= 4 is 27.3 Å². The minimum absolute atomic E-state index is 0.00639. The van der Waals surface area contributed by atoms with Crippen LogP contribution in [-0.2, 0) is 14.8 Å². The Morgan fingerprint density at radius 2 is 2.24 bits per heavy atom. The highest BCUT2D eigenvalue weighted by Crippen LogP contribution is 2.35. The van der Waals surface area contributed by atoms with Crippen molar-refractivity contribution in [1.82, 2.24) is 4.31 Å². The van der Waals surface area contributed by atoms with E-state index in [9.17, 15) is 18.3 Å². The molecule has 1 fully saturated rings. The molecule has 6 nitrogen and oxygen atoms in total. The Labute approximate surface area is 128 Å². The molecule has 1 aliphatic rings. The van der Waals surface area contributed by atoms with E-state index in [1.165, 1.54) is 11.4 Å². The number of sulfonamides is 1. The lowest BCUT2D eigenvalue weighted by molar-refractivity contribution is 0.0602. The van der Waals surface area contributed by atoms with Crippen molar-refractivity contribution in [2.75, 3.05) is 20.3 Å². The lowest BCUT2D eigenvalue weighted by Crippen LogP contribution is -2.40. The molecular formula is C13H19NO5S2. The second-order valence-corrected chi connectivity index (χ2v) is 7.91. The number of carbonyl (C=O) groups is 1. The van der Waals surface area contributed by atoms with Gasteiger partial charge in [0.2, 0.25) is 10.0 Å². The zero-order valence-corrected chi connectivity index (χ0v) is 13.8. The number of aliphatic hydroxyl groups excluding tert-OH is 1. The molecule has 0 amide bonds. The van der Waals surface area contributed by atoms with Gasteiger partial charge < -0.3 is 9.84 Å². The van der Waals surface area contributed by atoms with Crippen LogP contribution in [0.2, 0.25) is 0 Å². The van der Waals surface area contributed by atoms with Gasteiger partial charge in [-0.05, 0) is 30.2 Å². The summed E-state index contributed by atoms with van der Waals surface area (Å²) in [5.41, 5.74) is 0.525. The molecule has 1 aromatic heterocycles. The lowest BCUT2D eigenvalue weighted by Gasteiger charge is -2.25. The number of aliphatic hydroxyl groups is 1. The standard InChI is InChI=1S/C13H19NO5S2/c1-8-4-5-14(10(8)6-15)21(17,18)12-9(2)7-20-11(12)13(16)19-3/h7-8,10,15H,4-6H2,1-3H3. The van der Waals surface area contributed by atoms with Crippen LogP contribution in [0.4, 0.5) is 0 Å². The number of hydrogen-bond acceptors (Lipinski definition) is 6. The number of aryl methyl sites for hydroxylation is 1. The fourth-order valence-electron chi connectivity index (χ4n) is 2.65. The van der Waals surface area contributed by atoms with Gasteiger partial charge in [-0.25, -0.2) is 13.2 Å². The maximum atomic E-state index is 12.9. The van der Waals surface area contributed by atoms with Crippen molar-refractivity contribution in [1.29, 1.82) is 0 Å². The Balaban J connectivity index is 2.50. The third-order valence-electron chi connectivity index (χ3n) is 3.87. The fraction of sp³-hybridized carbons (Fsp3) is 0.615. The maximum Gasteiger partial charge on any atom is 0.349 e. The SMILES string of the molecule is COC(=O)c1scc(C)c1S(=O)(=O)N1CCC(C)C1CO. The molecule has 8 heteroatoms. The van der Waals surface area contributed by atoms with Gasteiger partial charge in [-0.3, -0.25) is 0 Å². The number of rotatable bonds is 4. The van der Waals surface area contributed by atoms with Gasteiger partial charge >= 0.3 is 5.97 Å². The Kier molecular flexibility index (Phi) is 4.72. The number of esters is 1. The molecule has 2 unspecified atom stereocenters. The molecule has 0 aliphatic carbocycles. The van der Waals surface area contributed by atoms with Crippen LogP contribution >= 0.6 is 11.3 Å². The first-order valence-electron chi connectivity index (χ1n) is 6.63. The van der Waals surface area contributed by atoms with Crippen LogP contribution in [0.15, 0.2) is 10.3 Å². The highest BCUT2D eigenvalue weighted by atomic mass is 32.2. The van der Waals surface area contributed by atoms with Crippen molar-refractivity contribution in [3.8, 4) is 0 Å². The van der Waals surface area contributed by atoms with Crippen molar-refractivity contribution in [3.05, 3.63) is 15.8 Å². The molecule has 118 valence electrons. The van der Waals surface area contributed by atoms with Gasteiger partial charge in [0.25, 0.3) is 0 Å². The van der Waals surface area contributed by atoms with E-state index in [0.717, 1.165) is 11.3 Å². The third kappa shape index (κ3) is 2.73. The molecule has 0 saturated carbocycles. The van der Waals surface area contributed by atoms with E-state index in [-0.39, 0.29) is 22.3 Å². The van der Waals surface area contributed by atoms with Crippen LogP contribution in [0.25, 0.3) is 0 Å². The van der Waals surface area contributed by atoms with E-state index in [2.05, 4.69) is 4.74 Å². The second kappa shape index (κ2) is 6.04. The van der Waals surface area contributed by atoms with Crippen LogP contribution in [0.5, 0.6) is 0 Å². The summed E-state index contributed by atoms with van der Waals surface area (Å²) in [4.78, 5) is 11.9. The van der Waals surface area contributed by atoms with Crippen molar-refractivity contribution in [3.63, 3.8) is 0 Å². The zero-order chi connectivity index (χ0) is 15.8. The highest BCUT2D eigenvalue weighted by molar-refractivity contribution is 7.89. The maximum absolute atomic E-state index is 12.9. The van der Waals surface area contributed by atoms with Crippen molar-refractivity contribution < 1.29 is 23.1 Å². The first-order valence-corrected chi connectivity index (χ1v) is 8.95. The van der Waals surface area contributed by atoms with Gasteiger partial charge in [0, 0.05) is 6.54 Å². The van der Waals surface area contributed by atoms with Crippen molar-refractivity contribution in [2.45, 2.75) is 31.2 Å². The first-order chi connectivity index (χ1) is 9.84. The van der Waals surface area contributed by atoms with Crippen LogP contribution in [0, 0.1) is 12.8 Å². The van der Waals surface area contributed by atoms with E-state index in [1.54, 1.807) is 12.3 Å². The minimum Gasteiger partial charge on any atom is -0.465 e. The van der Waals surface area contributed by atoms with E-state index in [4.69, 9.17) is 0 Å². The van der Waals surface area contributed by atoms with Crippen molar-refractivity contribution in [2.24, 2.45) is 5.92 Å². The number of methoxy groups -OCH3 is 1. The predicted octanol–water partition coefficient (Wildman–Crippen LogP) is 1.23. The van der Waals surface area contributed by atoms with Crippen LogP contribution in [0.3, 0.4) is 0 Å². The summed E-state index contributed by atoms with van der Waals surface area (Å²) in [7, 11) is -2.60. The molecule has 0 radical (unpaired) electrons. The molecule has 21 heavy (non-hydrogen) atoms. The molecule has 0 aromatic carbocycles.